The quantitative estimate of drug-likeness (QED) is 0.0944. The van der Waals surface area contributed by atoms with Gasteiger partial charge in [-0.3, -0.25) is 0 Å². The molecule has 0 saturated carbocycles. The standard InChI is InChI=1S/C33H31GeN2/c1-20-16-27-26-13-12-23(22-10-8-7-9-11-22)18-28(26)36-29-19-25(34(3,4)5)17-24-14-15-35(6)33(31(24)29)30(21(20)2)32(27)36/h7-19H,1-6H3/q+1. The zero-order chi connectivity index (χ0) is 24.9. The number of fused-ring (bicyclic) bond motifs is 5. The minimum atomic E-state index is -2.09. The topological polar surface area (TPSA) is 8.29 Å². The van der Waals surface area contributed by atoms with Gasteiger partial charge >= 0.3 is 215 Å². The zero-order valence-electron chi connectivity index (χ0n) is 21.9. The predicted octanol–water partition coefficient (Wildman–Crippen LogP) is 7.64. The normalized spacial score (nSPS) is 12.7. The van der Waals surface area contributed by atoms with Crippen molar-refractivity contribution in [2.75, 3.05) is 0 Å². The van der Waals surface area contributed by atoms with Crippen molar-refractivity contribution in [3.8, 4) is 11.1 Å². The maximum absolute atomic E-state index is 2.59. The van der Waals surface area contributed by atoms with Gasteiger partial charge in [-0.2, -0.15) is 0 Å². The molecule has 0 aliphatic rings. The van der Waals surface area contributed by atoms with Gasteiger partial charge in [0.05, 0.1) is 0 Å². The molecule has 0 N–H and O–H groups in total. The molecule has 0 saturated heterocycles. The molecule has 0 aliphatic carbocycles. The third-order valence-corrected chi connectivity index (χ3v) is 12.5. The van der Waals surface area contributed by atoms with Crippen molar-refractivity contribution < 1.29 is 4.57 Å². The summed E-state index contributed by atoms with van der Waals surface area (Å²) in [6, 6.07) is 27.5. The third-order valence-electron chi connectivity index (χ3n) is 8.24. The summed E-state index contributed by atoms with van der Waals surface area (Å²) in [6.07, 6.45) is 2.25. The van der Waals surface area contributed by atoms with Crippen LogP contribution < -0.4 is 8.96 Å². The van der Waals surface area contributed by atoms with Gasteiger partial charge in [0.15, 0.2) is 0 Å². The Labute approximate surface area is 214 Å². The van der Waals surface area contributed by atoms with E-state index in [1.54, 1.807) is 4.40 Å². The Hall–Kier alpha value is -3.37. The summed E-state index contributed by atoms with van der Waals surface area (Å²) in [4.78, 5) is 0. The van der Waals surface area contributed by atoms with Crippen molar-refractivity contribution in [1.82, 2.24) is 4.40 Å². The molecule has 0 unspecified atom stereocenters. The Morgan fingerprint density at radius 3 is 2.25 bits per heavy atom. The van der Waals surface area contributed by atoms with Crippen LogP contribution in [0.4, 0.5) is 0 Å². The molecule has 3 heteroatoms. The van der Waals surface area contributed by atoms with Crippen LogP contribution in [0.1, 0.15) is 11.1 Å². The van der Waals surface area contributed by atoms with Gasteiger partial charge in [-0.15, -0.1) is 0 Å². The first kappa shape index (κ1) is 21.9. The summed E-state index contributed by atoms with van der Waals surface area (Å²) < 4.78 is 6.48. The number of benzene rings is 4. The van der Waals surface area contributed by atoms with Crippen LogP contribution in [0.3, 0.4) is 0 Å². The average molecular weight is 528 g/mol. The SMILES string of the molecule is Cc1cc2c3ccc(-c4ccccc4)cc3n3c4c[c]([Ge]([CH3])([CH3])[CH3])cc5cc[n+](C)c(c(c1C)c23)c54. The van der Waals surface area contributed by atoms with E-state index in [4.69, 9.17) is 0 Å². The van der Waals surface area contributed by atoms with Gasteiger partial charge in [-0.05, 0) is 0 Å². The Balaban J connectivity index is 1.81. The first-order valence-corrected chi connectivity index (χ1v) is 20.2. The van der Waals surface area contributed by atoms with E-state index in [9.17, 15) is 0 Å². The molecule has 0 aliphatic heterocycles. The van der Waals surface area contributed by atoms with E-state index in [1.807, 2.05) is 0 Å². The first-order chi connectivity index (χ1) is 17.2. The summed E-state index contributed by atoms with van der Waals surface area (Å²) in [5.74, 6) is 7.50. The molecule has 2 nitrogen and oxygen atoms in total. The van der Waals surface area contributed by atoms with E-state index < -0.39 is 13.3 Å². The van der Waals surface area contributed by atoms with Gasteiger partial charge < -0.3 is 0 Å². The van der Waals surface area contributed by atoms with E-state index in [1.165, 1.54) is 71.3 Å². The second-order valence-electron chi connectivity index (χ2n) is 11.5. The molecule has 0 amide bonds. The van der Waals surface area contributed by atoms with Gasteiger partial charge in [-0.25, -0.2) is 0 Å². The predicted molar refractivity (Wildman–Crippen MR) is 158 cm³/mol. The van der Waals surface area contributed by atoms with E-state index in [0.717, 1.165) is 0 Å². The second-order valence-corrected chi connectivity index (χ2v) is 22.2. The van der Waals surface area contributed by atoms with Crippen LogP contribution in [0.15, 0.2) is 79.0 Å². The minimum absolute atomic E-state index is 1.26. The van der Waals surface area contributed by atoms with E-state index >= 15 is 0 Å². The van der Waals surface area contributed by atoms with Crippen molar-refractivity contribution in [3.05, 3.63) is 90.1 Å². The summed E-state index contributed by atoms with van der Waals surface area (Å²) >= 11 is -2.09. The van der Waals surface area contributed by atoms with Crippen LogP contribution in [-0.2, 0) is 7.05 Å². The number of aromatic nitrogens is 2. The number of hydrogen-bond acceptors (Lipinski definition) is 0. The third kappa shape index (κ3) is 2.88. The Morgan fingerprint density at radius 2 is 1.50 bits per heavy atom. The maximum atomic E-state index is 2.59. The van der Waals surface area contributed by atoms with Crippen LogP contribution in [0, 0.1) is 13.8 Å². The Kier molecular flexibility index (Phi) is 4.46. The molecule has 0 spiro atoms. The summed E-state index contributed by atoms with van der Waals surface area (Å²) in [7, 11) is 2.20. The van der Waals surface area contributed by atoms with Crippen molar-refractivity contribution in [3.63, 3.8) is 0 Å². The summed E-state index contributed by atoms with van der Waals surface area (Å²) in [5.41, 5.74) is 10.6. The molecule has 36 heavy (non-hydrogen) atoms. The molecule has 4 aromatic carbocycles. The number of aryl methyl sites for hydroxylation is 3. The number of pyridine rings is 2. The summed E-state index contributed by atoms with van der Waals surface area (Å²) in [5, 5.41) is 6.80. The average Bonchev–Trinajstić information content (AvgIpc) is 3.18. The fourth-order valence-corrected chi connectivity index (χ4v) is 8.58. The molecule has 3 aromatic heterocycles. The van der Waals surface area contributed by atoms with Crippen LogP contribution in [0.25, 0.3) is 60.1 Å². The van der Waals surface area contributed by atoms with E-state index in [-0.39, 0.29) is 0 Å². The molecular formula is C33H31GeN2+. The van der Waals surface area contributed by atoms with Crippen molar-refractivity contribution in [1.29, 1.82) is 0 Å². The summed E-state index contributed by atoms with van der Waals surface area (Å²) in [6.45, 7) is 4.56. The number of rotatable bonds is 2. The van der Waals surface area contributed by atoms with E-state index in [0.29, 0.717) is 0 Å². The fourth-order valence-electron chi connectivity index (χ4n) is 6.15. The molecule has 7 rings (SSSR count). The fraction of sp³-hybridized carbons (Fsp3) is 0.182. The van der Waals surface area contributed by atoms with Gasteiger partial charge in [0.1, 0.15) is 0 Å². The van der Waals surface area contributed by atoms with Crippen LogP contribution in [-0.4, -0.2) is 17.7 Å². The monoisotopic (exact) mass is 529 g/mol. The van der Waals surface area contributed by atoms with Crippen LogP contribution in [0.2, 0.25) is 17.3 Å². The Morgan fingerprint density at radius 1 is 0.722 bits per heavy atom. The second kappa shape index (κ2) is 7.33. The van der Waals surface area contributed by atoms with Crippen molar-refractivity contribution >= 4 is 66.7 Å². The molecule has 176 valence electrons. The molecule has 0 atom stereocenters. The Bertz CT molecular complexity index is 1990. The van der Waals surface area contributed by atoms with Crippen LogP contribution >= 0.6 is 0 Å². The molecule has 0 fully saturated rings. The van der Waals surface area contributed by atoms with Gasteiger partial charge in [0.2, 0.25) is 0 Å². The molecule has 7 aromatic rings. The molecule has 0 bridgehead atoms. The van der Waals surface area contributed by atoms with Gasteiger partial charge in [0.25, 0.3) is 0 Å². The zero-order valence-corrected chi connectivity index (χ0v) is 24.0. The van der Waals surface area contributed by atoms with Gasteiger partial charge in [0, 0.05) is 0 Å². The molecule has 0 radical (unpaired) electrons. The van der Waals surface area contributed by atoms with Crippen LogP contribution in [0.5, 0.6) is 0 Å². The van der Waals surface area contributed by atoms with Crippen molar-refractivity contribution in [2.45, 2.75) is 31.1 Å². The molecule has 3 heterocycles. The number of hydrogen-bond donors (Lipinski definition) is 0. The first-order valence-electron chi connectivity index (χ1n) is 12.9. The van der Waals surface area contributed by atoms with E-state index in [2.05, 4.69) is 126 Å². The van der Waals surface area contributed by atoms with Crippen molar-refractivity contribution in [2.24, 2.45) is 7.05 Å². The van der Waals surface area contributed by atoms with Gasteiger partial charge in [-0.1, -0.05) is 0 Å². The molecular weight excluding hydrogens is 497 g/mol. The number of nitrogens with zero attached hydrogens (tertiary/aromatic N) is 2.